The van der Waals surface area contributed by atoms with Gasteiger partial charge >= 0.3 is 0 Å². The second kappa shape index (κ2) is 5.35. The van der Waals surface area contributed by atoms with Gasteiger partial charge in [-0.1, -0.05) is 0 Å². The minimum atomic E-state index is -3.52. The molecule has 19 heavy (non-hydrogen) atoms. The van der Waals surface area contributed by atoms with Crippen LogP contribution in [-0.2, 0) is 17.1 Å². The molecule has 0 aliphatic rings. The van der Waals surface area contributed by atoms with Crippen molar-refractivity contribution in [3.8, 4) is 0 Å². The summed E-state index contributed by atoms with van der Waals surface area (Å²) in [7, 11) is -1.70. The fourth-order valence-electron chi connectivity index (χ4n) is 1.86. The Labute approximate surface area is 124 Å². The predicted molar refractivity (Wildman–Crippen MR) is 78.7 cm³/mol. The standard InChI is InChI=1S/C11H14BrN3O2S2/c1-7-9(6-15(3)13-7)8(2)14-19(16,17)11-10(12)4-5-18-11/h4-6,8,14H,1-3H3. The summed E-state index contributed by atoms with van der Waals surface area (Å²) in [6, 6.07) is 1.40. The van der Waals surface area contributed by atoms with Crippen LogP contribution in [0.5, 0.6) is 0 Å². The van der Waals surface area contributed by atoms with Gasteiger partial charge in [-0.15, -0.1) is 11.3 Å². The molecule has 5 nitrogen and oxygen atoms in total. The maximum atomic E-state index is 12.3. The second-order valence-corrected chi connectivity index (χ2v) is 7.92. The van der Waals surface area contributed by atoms with Crippen LogP contribution in [0, 0.1) is 6.92 Å². The van der Waals surface area contributed by atoms with E-state index in [4.69, 9.17) is 0 Å². The maximum Gasteiger partial charge on any atom is 0.251 e. The molecule has 1 atom stereocenters. The first kappa shape index (κ1) is 14.7. The second-order valence-electron chi connectivity index (χ2n) is 4.24. The Morgan fingerprint density at radius 2 is 2.21 bits per heavy atom. The molecular formula is C11H14BrN3O2S2. The molecule has 0 bridgehead atoms. The molecular weight excluding hydrogens is 350 g/mol. The normalized spacial score (nSPS) is 13.7. The van der Waals surface area contributed by atoms with Crippen molar-refractivity contribution in [2.75, 3.05) is 0 Å². The van der Waals surface area contributed by atoms with Crippen molar-refractivity contribution in [1.29, 1.82) is 0 Å². The summed E-state index contributed by atoms with van der Waals surface area (Å²) < 4.78 is 29.7. The molecule has 104 valence electrons. The van der Waals surface area contributed by atoms with E-state index in [1.807, 2.05) is 27.1 Å². The number of nitrogens with one attached hydrogen (secondary N) is 1. The van der Waals surface area contributed by atoms with Gasteiger partial charge in [0.1, 0.15) is 4.21 Å². The minimum absolute atomic E-state index is 0.292. The molecule has 2 heterocycles. The number of aryl methyl sites for hydroxylation is 2. The van der Waals surface area contributed by atoms with Crippen LogP contribution in [0.1, 0.15) is 24.2 Å². The number of hydrogen-bond donors (Lipinski definition) is 1. The van der Waals surface area contributed by atoms with Crippen LogP contribution in [0.2, 0.25) is 0 Å². The molecule has 0 aliphatic heterocycles. The Morgan fingerprint density at radius 1 is 1.53 bits per heavy atom. The zero-order valence-electron chi connectivity index (χ0n) is 10.7. The van der Waals surface area contributed by atoms with Crippen LogP contribution in [0.25, 0.3) is 0 Å². The highest BCUT2D eigenvalue weighted by atomic mass is 79.9. The van der Waals surface area contributed by atoms with E-state index in [1.165, 1.54) is 11.3 Å². The Balaban J connectivity index is 2.26. The summed E-state index contributed by atoms with van der Waals surface area (Å²) >= 11 is 4.43. The third kappa shape index (κ3) is 3.07. The fourth-order valence-corrected chi connectivity index (χ4v) is 5.44. The van der Waals surface area contributed by atoms with Crippen molar-refractivity contribution in [1.82, 2.24) is 14.5 Å². The van der Waals surface area contributed by atoms with Crippen molar-refractivity contribution in [3.63, 3.8) is 0 Å². The molecule has 2 aromatic heterocycles. The number of hydrogen-bond acceptors (Lipinski definition) is 4. The lowest BCUT2D eigenvalue weighted by Crippen LogP contribution is -2.26. The monoisotopic (exact) mass is 363 g/mol. The van der Waals surface area contributed by atoms with Gasteiger partial charge in [-0.25, -0.2) is 13.1 Å². The first-order valence-electron chi connectivity index (χ1n) is 5.56. The first-order chi connectivity index (χ1) is 8.81. The number of aromatic nitrogens is 2. The summed E-state index contributed by atoms with van der Waals surface area (Å²) in [5.41, 5.74) is 1.70. The lowest BCUT2D eigenvalue weighted by molar-refractivity contribution is 0.568. The smallest absolute Gasteiger partial charge is 0.251 e. The highest BCUT2D eigenvalue weighted by Gasteiger charge is 2.23. The molecule has 8 heteroatoms. The van der Waals surface area contributed by atoms with Crippen molar-refractivity contribution in [2.24, 2.45) is 7.05 Å². The zero-order valence-corrected chi connectivity index (χ0v) is 13.9. The van der Waals surface area contributed by atoms with Crippen LogP contribution in [0.15, 0.2) is 26.3 Å². The van der Waals surface area contributed by atoms with Gasteiger partial charge in [0.15, 0.2) is 0 Å². The topological polar surface area (TPSA) is 64.0 Å². The van der Waals surface area contributed by atoms with Gasteiger partial charge in [0, 0.05) is 29.3 Å². The third-order valence-corrected chi connectivity index (χ3v) is 6.89. The van der Waals surface area contributed by atoms with Gasteiger partial charge in [-0.3, -0.25) is 4.68 Å². The summed E-state index contributed by atoms with van der Waals surface area (Å²) in [5.74, 6) is 0. The Bertz CT molecular complexity index is 691. The lowest BCUT2D eigenvalue weighted by atomic mass is 10.1. The number of halogens is 1. The highest BCUT2D eigenvalue weighted by Crippen LogP contribution is 2.29. The minimum Gasteiger partial charge on any atom is -0.275 e. The summed E-state index contributed by atoms with van der Waals surface area (Å²) in [6.45, 7) is 3.67. The quantitative estimate of drug-likeness (QED) is 0.907. The predicted octanol–water partition coefficient (Wildman–Crippen LogP) is 2.59. The lowest BCUT2D eigenvalue weighted by Gasteiger charge is -2.13. The van der Waals surface area contributed by atoms with Gasteiger partial charge in [-0.2, -0.15) is 5.10 Å². The van der Waals surface area contributed by atoms with E-state index in [-0.39, 0.29) is 6.04 Å². The summed E-state index contributed by atoms with van der Waals surface area (Å²) in [4.78, 5) is 0. The fraction of sp³-hybridized carbons (Fsp3) is 0.364. The van der Waals surface area contributed by atoms with E-state index >= 15 is 0 Å². The molecule has 0 saturated heterocycles. The Kier molecular flexibility index (Phi) is 4.14. The summed E-state index contributed by atoms with van der Waals surface area (Å²) in [5, 5.41) is 5.95. The molecule has 0 spiro atoms. The van der Waals surface area contributed by atoms with E-state index in [0.29, 0.717) is 8.68 Å². The van der Waals surface area contributed by atoms with Crippen LogP contribution in [0.4, 0.5) is 0 Å². The number of thiophene rings is 1. The SMILES string of the molecule is Cc1nn(C)cc1C(C)NS(=O)(=O)c1sccc1Br. The molecule has 0 radical (unpaired) electrons. The number of nitrogens with zero attached hydrogens (tertiary/aromatic N) is 2. The average Bonchev–Trinajstić information content (AvgIpc) is 2.84. The molecule has 0 fully saturated rings. The van der Waals surface area contributed by atoms with E-state index in [0.717, 1.165) is 11.3 Å². The van der Waals surface area contributed by atoms with Gasteiger partial charge in [0.25, 0.3) is 10.0 Å². The maximum absolute atomic E-state index is 12.3. The molecule has 1 N–H and O–H groups in total. The number of rotatable bonds is 4. The van der Waals surface area contributed by atoms with Gasteiger partial charge < -0.3 is 0 Å². The zero-order chi connectivity index (χ0) is 14.2. The molecule has 0 amide bonds. The molecule has 0 saturated carbocycles. The molecule has 2 aromatic rings. The van der Waals surface area contributed by atoms with Crippen molar-refractivity contribution < 1.29 is 8.42 Å². The van der Waals surface area contributed by atoms with E-state index < -0.39 is 10.0 Å². The number of sulfonamides is 1. The first-order valence-corrected chi connectivity index (χ1v) is 8.72. The van der Waals surface area contributed by atoms with Crippen molar-refractivity contribution in [2.45, 2.75) is 24.1 Å². The third-order valence-electron chi connectivity index (χ3n) is 2.68. The van der Waals surface area contributed by atoms with Crippen LogP contribution < -0.4 is 4.72 Å². The Morgan fingerprint density at radius 3 is 2.68 bits per heavy atom. The van der Waals surface area contributed by atoms with E-state index in [1.54, 1.807) is 16.1 Å². The Hall–Kier alpha value is -0.700. The summed E-state index contributed by atoms with van der Waals surface area (Å²) in [6.07, 6.45) is 1.83. The van der Waals surface area contributed by atoms with E-state index in [2.05, 4.69) is 25.8 Å². The van der Waals surface area contributed by atoms with E-state index in [9.17, 15) is 8.42 Å². The van der Waals surface area contributed by atoms with Crippen LogP contribution >= 0.6 is 27.3 Å². The van der Waals surface area contributed by atoms with Crippen molar-refractivity contribution in [3.05, 3.63) is 33.4 Å². The van der Waals surface area contributed by atoms with Gasteiger partial charge in [0.05, 0.1) is 5.69 Å². The van der Waals surface area contributed by atoms with Gasteiger partial charge in [-0.05, 0) is 41.2 Å². The largest absolute Gasteiger partial charge is 0.275 e. The molecule has 0 aliphatic carbocycles. The van der Waals surface area contributed by atoms with Crippen LogP contribution in [0.3, 0.4) is 0 Å². The van der Waals surface area contributed by atoms with Crippen molar-refractivity contribution >= 4 is 37.3 Å². The van der Waals surface area contributed by atoms with Gasteiger partial charge in [0.2, 0.25) is 0 Å². The average molecular weight is 364 g/mol. The molecule has 1 unspecified atom stereocenters. The molecule has 0 aromatic carbocycles. The molecule has 2 rings (SSSR count). The van der Waals surface area contributed by atoms with Crippen LogP contribution in [-0.4, -0.2) is 18.2 Å². The highest BCUT2D eigenvalue weighted by molar-refractivity contribution is 9.10.